The van der Waals surface area contributed by atoms with Crippen molar-refractivity contribution in [3.63, 3.8) is 0 Å². The molecule has 1 aromatic heterocycles. The summed E-state index contributed by atoms with van der Waals surface area (Å²) in [5, 5.41) is 11.3. The molecule has 10 rings (SSSR count). The van der Waals surface area contributed by atoms with Gasteiger partial charge in [-0.15, -0.1) is 0 Å². The minimum absolute atomic E-state index is 0.0185. The molecule has 15 nitrogen and oxygen atoms in total. The maximum Gasteiger partial charge on any atom is 0.272 e. The quantitative estimate of drug-likeness (QED) is 0.162. The van der Waals surface area contributed by atoms with E-state index in [2.05, 4.69) is 50.1 Å². The van der Waals surface area contributed by atoms with Gasteiger partial charge in [0.2, 0.25) is 17.7 Å². The van der Waals surface area contributed by atoms with Gasteiger partial charge in [-0.2, -0.15) is 5.10 Å². The summed E-state index contributed by atoms with van der Waals surface area (Å²) < 4.78 is 15.2. The van der Waals surface area contributed by atoms with Crippen LogP contribution in [0.15, 0.2) is 71.5 Å². The molecule has 74 heavy (non-hydrogen) atoms. The zero-order valence-corrected chi connectivity index (χ0v) is 43.3. The lowest BCUT2D eigenvalue weighted by molar-refractivity contribution is -0.143. The van der Waals surface area contributed by atoms with Crippen LogP contribution in [0, 0.1) is 23.6 Å². The first kappa shape index (κ1) is 51.5. The highest BCUT2D eigenvalue weighted by Gasteiger charge is 2.41. The lowest BCUT2D eigenvalue weighted by Crippen LogP contribution is -2.64. The Balaban J connectivity index is 0.679. The van der Waals surface area contributed by atoms with Gasteiger partial charge >= 0.3 is 0 Å². The number of piperidine rings is 2. The van der Waals surface area contributed by atoms with Crippen LogP contribution in [0.2, 0.25) is 0 Å². The van der Waals surface area contributed by atoms with Crippen molar-refractivity contribution in [2.45, 2.75) is 115 Å². The molecule has 0 bridgehead atoms. The number of piperazine rings is 2. The number of amides is 5. The Morgan fingerprint density at radius 1 is 0.716 bits per heavy atom. The molecule has 5 heterocycles. The number of H-pyrrole nitrogens is 1. The Bertz CT molecular complexity index is 2750. The molecule has 3 aromatic carbocycles. The second-order valence-electron chi connectivity index (χ2n) is 22.5. The van der Waals surface area contributed by atoms with E-state index in [1.807, 2.05) is 40.1 Å². The van der Waals surface area contributed by atoms with E-state index in [4.69, 9.17) is 0 Å². The van der Waals surface area contributed by atoms with Crippen LogP contribution in [0.25, 0.3) is 10.8 Å². The molecule has 6 fully saturated rings. The van der Waals surface area contributed by atoms with Crippen LogP contribution in [-0.4, -0.2) is 166 Å². The number of nitrogens with one attached hydrogen (secondary N) is 2. The van der Waals surface area contributed by atoms with Crippen molar-refractivity contribution in [3.05, 3.63) is 111 Å². The smallest absolute Gasteiger partial charge is 0.272 e. The van der Waals surface area contributed by atoms with Crippen LogP contribution >= 0.6 is 0 Å². The van der Waals surface area contributed by atoms with Crippen molar-refractivity contribution < 1.29 is 28.4 Å². The summed E-state index contributed by atoms with van der Waals surface area (Å²) in [5.74, 6) is 0.0904. The van der Waals surface area contributed by atoms with Gasteiger partial charge in [0.1, 0.15) is 11.9 Å². The van der Waals surface area contributed by atoms with Gasteiger partial charge < -0.3 is 24.9 Å². The minimum Gasteiger partial charge on any atom is -0.342 e. The summed E-state index contributed by atoms with van der Waals surface area (Å²) in [6, 6.07) is 18.9. The predicted molar refractivity (Wildman–Crippen MR) is 281 cm³/mol. The van der Waals surface area contributed by atoms with E-state index in [0.29, 0.717) is 79.2 Å². The summed E-state index contributed by atoms with van der Waals surface area (Å²) in [6.45, 7) is 11.6. The second kappa shape index (κ2) is 22.9. The Labute approximate surface area is 434 Å². The molecule has 4 aliphatic heterocycles. The first-order valence-electron chi connectivity index (χ1n) is 27.6. The van der Waals surface area contributed by atoms with Gasteiger partial charge in [-0.05, 0) is 132 Å². The molecule has 16 heteroatoms. The number of nitrogens with zero attached hydrogens (tertiary/aromatic N) is 7. The number of carbonyl (C=O) groups is 5. The van der Waals surface area contributed by atoms with Gasteiger partial charge in [-0.1, -0.05) is 55.7 Å². The lowest BCUT2D eigenvalue weighted by Gasteiger charge is -2.47. The number of benzene rings is 3. The summed E-state index contributed by atoms with van der Waals surface area (Å²) >= 11 is 0. The summed E-state index contributed by atoms with van der Waals surface area (Å²) in [4.78, 5) is 93.6. The van der Waals surface area contributed by atoms with Crippen LogP contribution < -0.4 is 10.9 Å². The molecule has 394 valence electrons. The van der Waals surface area contributed by atoms with Crippen LogP contribution in [0.3, 0.4) is 0 Å². The predicted octanol–water partition coefficient (Wildman–Crippen LogP) is 6.07. The van der Waals surface area contributed by atoms with E-state index < -0.39 is 17.8 Å². The molecule has 0 spiro atoms. The van der Waals surface area contributed by atoms with Crippen LogP contribution in [0.1, 0.15) is 128 Å². The Morgan fingerprint density at radius 3 is 2.16 bits per heavy atom. The average molecular weight is 1010 g/mol. The molecule has 6 aliphatic rings. The number of aromatic nitrogens is 2. The van der Waals surface area contributed by atoms with E-state index in [1.54, 1.807) is 29.2 Å². The molecule has 2 N–H and O–H groups in total. The molecule has 0 radical (unpaired) electrons. The molecular formula is C58H74FN9O6. The summed E-state index contributed by atoms with van der Waals surface area (Å²) in [5.41, 5.74) is 2.67. The second-order valence-corrected chi connectivity index (χ2v) is 22.5. The fraction of sp³-hybridized carbons (Fsp3) is 0.569. The maximum absolute atomic E-state index is 15.2. The SMILES string of the molecule is C[C@@H]1CN(CC2CCN(CC(=O)N3CCN(C(=O)c4cc(Cc5n[nH]c(=O)c6ccccc56)ccc4F)CC3)CC2)C[C@H](C)N1C(=O)[C@H](NC(=O)c1cccc([C@@H]2CCCN(C(=O)C3CC3)C2)c1)C1CCCCC1. The lowest BCUT2D eigenvalue weighted by atomic mass is 9.82. The van der Waals surface area contributed by atoms with E-state index in [9.17, 15) is 28.8 Å². The standard InChI is InChI=1S/C58H74FN9O6/c1-38-33-64(34-39(2)68(38)58(74)53(42-10-4-3-5-11-42)60-54(70)45-13-8-12-44(32-45)46-14-9-23-67(36-46)56(72)43-18-19-43)35-40-21-24-63(25-22-40)37-52(69)65-26-28-66(29-27-65)57(73)49-30-41(17-20-50(49)59)31-51-47-15-6-7-16-48(47)55(71)62-61-51/h6-8,12-13,15-17,20,30,32,38-40,42-43,46,53H,3-5,9-11,14,18-19,21-29,31,33-37H2,1-2H3,(H,60,70)(H,62,71)/t38-,39+,46-,53-/m1/s1. The number of aromatic amines is 1. The van der Waals surface area contributed by atoms with Gasteiger partial charge in [0.05, 0.1) is 23.2 Å². The minimum atomic E-state index is -0.605. The zero-order chi connectivity index (χ0) is 51.5. The van der Waals surface area contributed by atoms with Crippen molar-refractivity contribution in [2.24, 2.45) is 17.8 Å². The van der Waals surface area contributed by atoms with Gasteiger partial charge in [-0.25, -0.2) is 9.49 Å². The summed E-state index contributed by atoms with van der Waals surface area (Å²) in [6.07, 6.45) is 11.3. The van der Waals surface area contributed by atoms with Crippen molar-refractivity contribution in [1.82, 2.24) is 44.9 Å². The van der Waals surface area contributed by atoms with E-state index >= 15 is 4.39 Å². The number of fused-ring (bicyclic) bond motifs is 1. The fourth-order valence-corrected chi connectivity index (χ4v) is 12.9. The van der Waals surface area contributed by atoms with Crippen molar-refractivity contribution in [1.29, 1.82) is 0 Å². The Hall–Kier alpha value is -6.00. The fourth-order valence-electron chi connectivity index (χ4n) is 12.9. The van der Waals surface area contributed by atoms with Gasteiger partial charge in [0.25, 0.3) is 17.4 Å². The number of hydrogen-bond donors (Lipinski definition) is 2. The number of carbonyl (C=O) groups excluding carboxylic acids is 5. The van der Waals surface area contributed by atoms with Crippen LogP contribution in [0.4, 0.5) is 4.39 Å². The largest absolute Gasteiger partial charge is 0.342 e. The van der Waals surface area contributed by atoms with E-state index in [-0.39, 0.29) is 64.6 Å². The third kappa shape index (κ3) is 11.8. The summed E-state index contributed by atoms with van der Waals surface area (Å²) in [7, 11) is 0. The number of rotatable bonds is 13. The normalized spacial score (nSPS) is 23.2. The molecule has 2 saturated carbocycles. The topological polar surface area (TPSA) is 163 Å². The van der Waals surface area contributed by atoms with E-state index in [0.717, 1.165) is 115 Å². The van der Waals surface area contributed by atoms with Gasteiger partial charge in [-0.3, -0.25) is 38.6 Å². The Kier molecular flexibility index (Phi) is 15.9. The molecule has 2 aliphatic carbocycles. The van der Waals surface area contributed by atoms with Crippen LogP contribution in [0.5, 0.6) is 0 Å². The molecule has 5 amide bonds. The zero-order valence-electron chi connectivity index (χ0n) is 43.3. The number of hydrogen-bond acceptors (Lipinski definition) is 9. The van der Waals surface area contributed by atoms with Crippen molar-refractivity contribution in [2.75, 3.05) is 78.5 Å². The van der Waals surface area contributed by atoms with Crippen LogP contribution in [-0.2, 0) is 20.8 Å². The number of halogens is 1. The first-order chi connectivity index (χ1) is 35.9. The molecule has 0 unspecified atom stereocenters. The molecular weight excluding hydrogens is 938 g/mol. The number of likely N-dealkylation sites (tertiary alicyclic amines) is 2. The maximum atomic E-state index is 15.2. The van der Waals surface area contributed by atoms with E-state index in [1.165, 1.54) is 6.07 Å². The Morgan fingerprint density at radius 2 is 1.43 bits per heavy atom. The highest BCUT2D eigenvalue weighted by atomic mass is 19.1. The third-order valence-corrected chi connectivity index (χ3v) is 17.1. The van der Waals surface area contributed by atoms with Crippen molar-refractivity contribution in [3.8, 4) is 0 Å². The molecule has 4 saturated heterocycles. The average Bonchev–Trinajstić information content (AvgIpc) is 4.28. The highest BCUT2D eigenvalue weighted by molar-refractivity contribution is 5.98. The third-order valence-electron chi connectivity index (χ3n) is 17.1. The highest BCUT2D eigenvalue weighted by Crippen LogP contribution is 2.35. The van der Waals surface area contributed by atoms with Gasteiger partial charge in [0.15, 0.2) is 0 Å². The molecule has 4 aromatic rings. The first-order valence-corrected chi connectivity index (χ1v) is 27.6. The monoisotopic (exact) mass is 1010 g/mol. The van der Waals surface area contributed by atoms with Crippen molar-refractivity contribution >= 4 is 40.3 Å². The molecule has 4 atom stereocenters. The van der Waals surface area contributed by atoms with Gasteiger partial charge in [0, 0.05) is 100 Å².